The van der Waals surface area contributed by atoms with E-state index in [9.17, 15) is 0 Å². The molecule has 0 atom stereocenters. The Bertz CT molecular complexity index is 409. The van der Waals surface area contributed by atoms with Gasteiger partial charge in [0.2, 0.25) is 0 Å². The molecule has 114 valence electrons. The first-order valence-corrected chi connectivity index (χ1v) is 8.48. The Morgan fingerprint density at radius 3 is 2.14 bits per heavy atom. The van der Waals surface area contributed by atoms with Crippen LogP contribution in [0.3, 0.4) is 0 Å². The summed E-state index contributed by atoms with van der Waals surface area (Å²) in [5.74, 6) is 0. The minimum atomic E-state index is 1.21. The Hall–Kier alpha value is -1.56. The Labute approximate surface area is 131 Å². The Kier molecular flexibility index (Phi) is 11.2. The fourth-order valence-electron chi connectivity index (χ4n) is 2.25. The van der Waals surface area contributed by atoms with Gasteiger partial charge in [0.15, 0.2) is 0 Å². The van der Waals surface area contributed by atoms with Gasteiger partial charge in [-0.25, -0.2) is 0 Å². The van der Waals surface area contributed by atoms with E-state index in [0.29, 0.717) is 0 Å². The summed E-state index contributed by atoms with van der Waals surface area (Å²) in [5, 5.41) is 0. The molecule has 0 aromatic heterocycles. The SMILES string of the molecule is CCCCCCCCCC=CC=CC=Cc1ccccc1. The maximum atomic E-state index is 2.28. The van der Waals surface area contributed by atoms with Crippen LogP contribution in [-0.2, 0) is 0 Å². The van der Waals surface area contributed by atoms with Gasteiger partial charge < -0.3 is 0 Å². The lowest BCUT2D eigenvalue weighted by molar-refractivity contribution is 0.592. The van der Waals surface area contributed by atoms with Crippen LogP contribution in [0.5, 0.6) is 0 Å². The number of unbranched alkanes of at least 4 members (excludes halogenated alkanes) is 7. The van der Waals surface area contributed by atoms with E-state index in [0.717, 1.165) is 0 Å². The summed E-state index contributed by atoms with van der Waals surface area (Å²) < 4.78 is 0. The minimum Gasteiger partial charge on any atom is -0.0845 e. The molecule has 0 N–H and O–H groups in total. The van der Waals surface area contributed by atoms with Crippen molar-refractivity contribution >= 4 is 6.08 Å². The van der Waals surface area contributed by atoms with Crippen LogP contribution in [-0.4, -0.2) is 0 Å². The number of hydrogen-bond acceptors (Lipinski definition) is 0. The Balaban J connectivity index is 1.99. The first-order chi connectivity index (χ1) is 10.4. The standard InChI is InChI=1S/C21H30/c1-2-3-4-5-6-7-8-9-10-11-12-13-15-18-21-19-16-14-17-20-21/h10-20H,2-9H2,1H3. The molecule has 0 bridgehead atoms. The monoisotopic (exact) mass is 282 g/mol. The van der Waals surface area contributed by atoms with Crippen molar-refractivity contribution in [1.82, 2.24) is 0 Å². The third-order valence-electron chi connectivity index (χ3n) is 3.53. The van der Waals surface area contributed by atoms with Crippen molar-refractivity contribution in [3.63, 3.8) is 0 Å². The molecular formula is C21H30. The molecule has 0 spiro atoms. The second-order valence-electron chi connectivity index (χ2n) is 5.49. The average molecular weight is 282 g/mol. The molecule has 0 heterocycles. The molecule has 0 aliphatic rings. The van der Waals surface area contributed by atoms with Crippen molar-refractivity contribution in [3.8, 4) is 0 Å². The molecular weight excluding hydrogens is 252 g/mol. The van der Waals surface area contributed by atoms with Gasteiger partial charge in [-0.15, -0.1) is 0 Å². The maximum Gasteiger partial charge on any atom is -0.0257 e. The lowest BCUT2D eigenvalue weighted by Gasteiger charge is -1.98. The van der Waals surface area contributed by atoms with Gasteiger partial charge in [-0.2, -0.15) is 0 Å². The highest BCUT2D eigenvalue weighted by Gasteiger charge is 1.88. The normalized spacial score (nSPS) is 12.0. The molecule has 0 amide bonds. The second-order valence-corrected chi connectivity index (χ2v) is 5.49. The smallest absolute Gasteiger partial charge is 0.0257 e. The molecule has 0 heteroatoms. The predicted octanol–water partition coefficient (Wildman–Crippen LogP) is 6.95. The van der Waals surface area contributed by atoms with Gasteiger partial charge in [-0.3, -0.25) is 0 Å². The highest BCUT2D eigenvalue weighted by atomic mass is 13.9. The zero-order valence-corrected chi connectivity index (χ0v) is 13.5. The van der Waals surface area contributed by atoms with Gasteiger partial charge in [0.05, 0.1) is 0 Å². The van der Waals surface area contributed by atoms with Crippen LogP contribution in [0.1, 0.15) is 63.9 Å². The van der Waals surface area contributed by atoms with E-state index in [-0.39, 0.29) is 0 Å². The van der Waals surface area contributed by atoms with E-state index in [2.05, 4.69) is 67.6 Å². The van der Waals surface area contributed by atoms with Crippen molar-refractivity contribution < 1.29 is 0 Å². The zero-order valence-electron chi connectivity index (χ0n) is 13.5. The summed E-state index contributed by atoms with van der Waals surface area (Å²) in [6, 6.07) is 10.4. The number of hydrogen-bond donors (Lipinski definition) is 0. The quantitative estimate of drug-likeness (QED) is 0.304. The molecule has 0 unspecified atom stereocenters. The van der Waals surface area contributed by atoms with Crippen LogP contribution >= 0.6 is 0 Å². The molecule has 0 nitrogen and oxygen atoms in total. The van der Waals surface area contributed by atoms with Gasteiger partial charge >= 0.3 is 0 Å². The molecule has 1 rings (SSSR count). The van der Waals surface area contributed by atoms with E-state index >= 15 is 0 Å². The molecule has 0 aliphatic carbocycles. The van der Waals surface area contributed by atoms with Gasteiger partial charge in [-0.05, 0) is 18.4 Å². The first-order valence-electron chi connectivity index (χ1n) is 8.48. The van der Waals surface area contributed by atoms with Gasteiger partial charge in [0.1, 0.15) is 0 Å². The first kappa shape index (κ1) is 17.5. The van der Waals surface area contributed by atoms with E-state index in [1.807, 2.05) is 6.07 Å². The van der Waals surface area contributed by atoms with Crippen LogP contribution in [0.25, 0.3) is 6.08 Å². The van der Waals surface area contributed by atoms with Gasteiger partial charge in [0, 0.05) is 0 Å². The summed E-state index contributed by atoms with van der Waals surface area (Å²) >= 11 is 0. The third kappa shape index (κ3) is 10.8. The van der Waals surface area contributed by atoms with Crippen LogP contribution < -0.4 is 0 Å². The number of rotatable bonds is 11. The number of allylic oxidation sites excluding steroid dienone is 5. The summed E-state index contributed by atoms with van der Waals surface area (Å²) in [6.07, 6.45) is 23.8. The summed E-state index contributed by atoms with van der Waals surface area (Å²) in [6.45, 7) is 2.27. The van der Waals surface area contributed by atoms with Gasteiger partial charge in [-0.1, -0.05) is 112 Å². The summed E-state index contributed by atoms with van der Waals surface area (Å²) in [4.78, 5) is 0. The van der Waals surface area contributed by atoms with Crippen molar-refractivity contribution in [1.29, 1.82) is 0 Å². The second kappa shape index (κ2) is 13.4. The predicted molar refractivity (Wildman–Crippen MR) is 96.4 cm³/mol. The third-order valence-corrected chi connectivity index (χ3v) is 3.53. The Morgan fingerprint density at radius 1 is 0.714 bits per heavy atom. The molecule has 1 aromatic carbocycles. The lowest BCUT2D eigenvalue weighted by atomic mass is 10.1. The van der Waals surface area contributed by atoms with E-state index in [1.54, 1.807) is 0 Å². The maximum absolute atomic E-state index is 2.28. The van der Waals surface area contributed by atoms with E-state index < -0.39 is 0 Å². The van der Waals surface area contributed by atoms with Crippen LogP contribution in [0.4, 0.5) is 0 Å². The van der Waals surface area contributed by atoms with Crippen LogP contribution in [0.15, 0.2) is 60.7 Å². The topological polar surface area (TPSA) is 0 Å². The summed E-state index contributed by atoms with van der Waals surface area (Å²) in [5.41, 5.74) is 1.24. The van der Waals surface area contributed by atoms with Crippen molar-refractivity contribution in [2.45, 2.75) is 58.3 Å². The molecule has 0 aliphatic heterocycles. The van der Waals surface area contributed by atoms with E-state index in [1.165, 1.54) is 56.9 Å². The minimum absolute atomic E-state index is 1.21. The van der Waals surface area contributed by atoms with Crippen LogP contribution in [0.2, 0.25) is 0 Å². The molecule has 0 saturated carbocycles. The number of benzene rings is 1. The zero-order chi connectivity index (χ0) is 15.0. The van der Waals surface area contributed by atoms with Crippen molar-refractivity contribution in [3.05, 3.63) is 66.3 Å². The highest BCUT2D eigenvalue weighted by molar-refractivity contribution is 5.50. The lowest BCUT2D eigenvalue weighted by Crippen LogP contribution is -1.78. The summed E-state index contributed by atoms with van der Waals surface area (Å²) in [7, 11) is 0. The van der Waals surface area contributed by atoms with Crippen molar-refractivity contribution in [2.75, 3.05) is 0 Å². The molecule has 1 aromatic rings. The van der Waals surface area contributed by atoms with Crippen molar-refractivity contribution in [2.24, 2.45) is 0 Å². The molecule has 0 saturated heterocycles. The Morgan fingerprint density at radius 2 is 1.38 bits per heavy atom. The van der Waals surface area contributed by atoms with E-state index in [4.69, 9.17) is 0 Å². The van der Waals surface area contributed by atoms with Crippen LogP contribution in [0, 0.1) is 0 Å². The largest absolute Gasteiger partial charge is 0.0845 e. The van der Waals surface area contributed by atoms with Gasteiger partial charge in [0.25, 0.3) is 0 Å². The fraction of sp³-hybridized carbons (Fsp3) is 0.429. The highest BCUT2D eigenvalue weighted by Crippen LogP contribution is 2.08. The molecule has 0 fully saturated rings. The fourth-order valence-corrected chi connectivity index (χ4v) is 2.25. The average Bonchev–Trinajstić information content (AvgIpc) is 2.53. The molecule has 0 radical (unpaired) electrons. The molecule has 21 heavy (non-hydrogen) atoms.